The van der Waals surface area contributed by atoms with Crippen molar-refractivity contribution in [1.82, 2.24) is 0 Å². The molecule has 0 saturated carbocycles. The van der Waals surface area contributed by atoms with Crippen molar-refractivity contribution in [2.24, 2.45) is 5.73 Å². The Kier molecular flexibility index (Phi) is 3.98. The fourth-order valence-corrected chi connectivity index (χ4v) is 1.96. The molecule has 5 heteroatoms. The van der Waals surface area contributed by atoms with Crippen LogP contribution < -0.4 is 10.6 Å². The molecule has 0 fully saturated rings. The Morgan fingerprint density at radius 2 is 1.75 bits per heavy atom. The Balaban J connectivity index is 2.21. The van der Waals surface area contributed by atoms with Crippen LogP contribution >= 0.6 is 0 Å². The number of amidine groups is 1. The molecule has 0 aliphatic carbocycles. The second-order valence-corrected chi connectivity index (χ2v) is 4.59. The molecule has 0 spiro atoms. The van der Waals surface area contributed by atoms with E-state index in [-0.39, 0.29) is 11.7 Å². The number of hydrogen-bond donors (Lipinski definition) is 2. The van der Waals surface area contributed by atoms with Gasteiger partial charge in [0, 0.05) is 24.8 Å². The molecule has 0 radical (unpaired) electrons. The first-order valence-corrected chi connectivity index (χ1v) is 6.06. The van der Waals surface area contributed by atoms with Gasteiger partial charge in [0.25, 0.3) is 0 Å². The molecule has 0 unspecified atom stereocenters. The Morgan fingerprint density at radius 1 is 1.10 bits per heavy atom. The molecule has 2 aromatic carbocycles. The van der Waals surface area contributed by atoms with Gasteiger partial charge < -0.3 is 10.6 Å². The number of halogens is 2. The Morgan fingerprint density at radius 3 is 2.35 bits per heavy atom. The zero-order chi connectivity index (χ0) is 14.7. The molecule has 0 aliphatic rings. The molecule has 3 nitrogen and oxygen atoms in total. The summed E-state index contributed by atoms with van der Waals surface area (Å²) >= 11 is 0. The number of benzene rings is 2. The van der Waals surface area contributed by atoms with Crippen molar-refractivity contribution in [2.75, 3.05) is 11.9 Å². The van der Waals surface area contributed by atoms with Gasteiger partial charge in [-0.05, 0) is 48.0 Å². The fraction of sp³-hybridized carbons (Fsp3) is 0.133. The SMILES string of the molecule is CN(Cc1cc(F)cc(C(=N)N)c1)c1ccc(F)cc1. The van der Waals surface area contributed by atoms with Crippen molar-refractivity contribution in [3.63, 3.8) is 0 Å². The molecule has 20 heavy (non-hydrogen) atoms. The van der Waals surface area contributed by atoms with E-state index in [1.54, 1.807) is 18.2 Å². The van der Waals surface area contributed by atoms with E-state index in [1.165, 1.54) is 24.3 Å². The zero-order valence-corrected chi connectivity index (χ0v) is 11.0. The second kappa shape index (κ2) is 5.69. The van der Waals surface area contributed by atoms with E-state index in [4.69, 9.17) is 11.1 Å². The van der Waals surface area contributed by atoms with Crippen molar-refractivity contribution in [3.05, 3.63) is 65.2 Å². The number of nitrogens with one attached hydrogen (secondary N) is 1. The molecule has 104 valence electrons. The van der Waals surface area contributed by atoms with E-state index in [0.29, 0.717) is 17.7 Å². The van der Waals surface area contributed by atoms with E-state index in [0.717, 1.165) is 5.69 Å². The average Bonchev–Trinajstić information content (AvgIpc) is 2.38. The maximum Gasteiger partial charge on any atom is 0.124 e. The minimum absolute atomic E-state index is 0.171. The third-order valence-electron chi connectivity index (χ3n) is 2.96. The number of anilines is 1. The fourth-order valence-electron chi connectivity index (χ4n) is 1.96. The first-order valence-electron chi connectivity index (χ1n) is 6.06. The number of rotatable bonds is 4. The van der Waals surface area contributed by atoms with Crippen molar-refractivity contribution < 1.29 is 8.78 Å². The van der Waals surface area contributed by atoms with Gasteiger partial charge in [-0.3, -0.25) is 5.41 Å². The van der Waals surface area contributed by atoms with Crippen LogP contribution in [0.2, 0.25) is 0 Å². The summed E-state index contributed by atoms with van der Waals surface area (Å²) in [6.07, 6.45) is 0. The number of nitrogens with two attached hydrogens (primary N) is 1. The normalized spacial score (nSPS) is 10.3. The summed E-state index contributed by atoms with van der Waals surface area (Å²) < 4.78 is 26.3. The molecule has 0 amide bonds. The van der Waals surface area contributed by atoms with Crippen LogP contribution in [0.5, 0.6) is 0 Å². The van der Waals surface area contributed by atoms with Gasteiger partial charge in [-0.25, -0.2) is 8.78 Å². The summed E-state index contributed by atoms with van der Waals surface area (Å²) in [5.74, 6) is -0.901. The molecule has 0 aliphatic heterocycles. The largest absolute Gasteiger partial charge is 0.384 e. The summed E-state index contributed by atoms with van der Waals surface area (Å²) in [7, 11) is 1.82. The molecule has 0 atom stereocenters. The molecule has 0 saturated heterocycles. The first-order chi connectivity index (χ1) is 9.45. The Hall–Kier alpha value is -2.43. The Labute approximate surface area is 116 Å². The second-order valence-electron chi connectivity index (χ2n) is 4.59. The lowest BCUT2D eigenvalue weighted by Gasteiger charge is -2.19. The number of nitrogen functional groups attached to an aromatic ring is 1. The predicted octanol–water partition coefficient (Wildman–Crippen LogP) is 2.89. The summed E-state index contributed by atoms with van der Waals surface area (Å²) in [5, 5.41) is 7.35. The topological polar surface area (TPSA) is 53.1 Å². The van der Waals surface area contributed by atoms with Gasteiger partial charge in [0.1, 0.15) is 17.5 Å². The molecule has 3 N–H and O–H groups in total. The third kappa shape index (κ3) is 3.32. The monoisotopic (exact) mass is 275 g/mol. The third-order valence-corrected chi connectivity index (χ3v) is 2.96. The molecule has 0 heterocycles. The first kappa shape index (κ1) is 14.0. The standard InChI is InChI=1S/C15H15F2N3/c1-20(14-4-2-12(16)3-5-14)9-10-6-11(15(18)19)8-13(17)7-10/h2-8H,9H2,1H3,(H3,18,19). The van der Waals surface area contributed by atoms with Crippen LogP contribution in [0.1, 0.15) is 11.1 Å². The van der Waals surface area contributed by atoms with Crippen LogP contribution in [0.25, 0.3) is 0 Å². The van der Waals surface area contributed by atoms with E-state index in [9.17, 15) is 8.78 Å². The minimum Gasteiger partial charge on any atom is -0.384 e. The van der Waals surface area contributed by atoms with Crippen molar-refractivity contribution in [1.29, 1.82) is 5.41 Å². The van der Waals surface area contributed by atoms with E-state index in [2.05, 4.69) is 0 Å². The minimum atomic E-state index is -0.430. The van der Waals surface area contributed by atoms with E-state index in [1.807, 2.05) is 11.9 Å². The zero-order valence-electron chi connectivity index (χ0n) is 11.0. The van der Waals surface area contributed by atoms with Gasteiger partial charge in [0.2, 0.25) is 0 Å². The lowest BCUT2D eigenvalue weighted by atomic mass is 10.1. The summed E-state index contributed by atoms with van der Waals surface area (Å²) in [4.78, 5) is 1.86. The number of nitrogens with zero attached hydrogens (tertiary/aromatic N) is 1. The summed E-state index contributed by atoms with van der Waals surface area (Å²) in [6.45, 7) is 0.434. The highest BCUT2D eigenvalue weighted by molar-refractivity contribution is 5.95. The van der Waals surface area contributed by atoms with E-state index < -0.39 is 5.82 Å². The average molecular weight is 275 g/mol. The van der Waals surface area contributed by atoms with Gasteiger partial charge >= 0.3 is 0 Å². The smallest absolute Gasteiger partial charge is 0.124 e. The van der Waals surface area contributed by atoms with Crippen LogP contribution in [-0.2, 0) is 6.54 Å². The van der Waals surface area contributed by atoms with Crippen LogP contribution in [0, 0.1) is 17.0 Å². The molecule has 2 rings (SSSR count). The van der Waals surface area contributed by atoms with Crippen LogP contribution in [0.4, 0.5) is 14.5 Å². The lowest BCUT2D eigenvalue weighted by Crippen LogP contribution is -2.18. The molecule has 0 aromatic heterocycles. The maximum atomic E-state index is 13.5. The summed E-state index contributed by atoms with van der Waals surface area (Å²) in [5.41, 5.74) is 7.24. The molecule has 2 aromatic rings. The highest BCUT2D eigenvalue weighted by atomic mass is 19.1. The Bertz CT molecular complexity index is 624. The van der Waals surface area contributed by atoms with Crippen LogP contribution in [0.15, 0.2) is 42.5 Å². The van der Waals surface area contributed by atoms with Gasteiger partial charge in [0.05, 0.1) is 0 Å². The molecule has 0 bridgehead atoms. The molecular weight excluding hydrogens is 260 g/mol. The van der Waals surface area contributed by atoms with Crippen LogP contribution in [-0.4, -0.2) is 12.9 Å². The van der Waals surface area contributed by atoms with Crippen molar-refractivity contribution >= 4 is 11.5 Å². The molecular formula is C15H15F2N3. The van der Waals surface area contributed by atoms with E-state index >= 15 is 0 Å². The van der Waals surface area contributed by atoms with Crippen molar-refractivity contribution in [3.8, 4) is 0 Å². The highest BCUT2D eigenvalue weighted by Gasteiger charge is 2.07. The van der Waals surface area contributed by atoms with Gasteiger partial charge in [-0.2, -0.15) is 0 Å². The van der Waals surface area contributed by atoms with Crippen molar-refractivity contribution in [2.45, 2.75) is 6.54 Å². The predicted molar refractivity (Wildman–Crippen MR) is 75.9 cm³/mol. The highest BCUT2D eigenvalue weighted by Crippen LogP contribution is 2.17. The van der Waals surface area contributed by atoms with Gasteiger partial charge in [0.15, 0.2) is 0 Å². The maximum absolute atomic E-state index is 13.5. The summed E-state index contributed by atoms with van der Waals surface area (Å²) in [6, 6.07) is 10.3. The number of hydrogen-bond acceptors (Lipinski definition) is 2. The van der Waals surface area contributed by atoms with Gasteiger partial charge in [-0.1, -0.05) is 0 Å². The van der Waals surface area contributed by atoms with Gasteiger partial charge in [-0.15, -0.1) is 0 Å². The lowest BCUT2D eigenvalue weighted by molar-refractivity contribution is 0.624. The quantitative estimate of drug-likeness (QED) is 0.666. The van der Waals surface area contributed by atoms with Crippen LogP contribution in [0.3, 0.4) is 0 Å².